The van der Waals surface area contributed by atoms with E-state index in [1.165, 1.54) is 5.56 Å². The molecule has 0 spiro atoms. The Morgan fingerprint density at radius 1 is 1.50 bits per heavy atom. The Morgan fingerprint density at radius 3 is 3.29 bits per heavy atom. The Kier molecular flexibility index (Phi) is 1.34. The first-order chi connectivity index (χ1) is 7.27. The molecule has 1 unspecified atom stereocenters. The second kappa shape index (κ2) is 2.74. The quantitative estimate of drug-likeness (QED) is 0.659. The predicted octanol–water partition coefficient (Wildman–Crippen LogP) is 1.53. The molecule has 3 nitrogen and oxygen atoms in total. The number of amides is 2. The number of hydrogen-bond donors (Lipinski definition) is 1. The summed E-state index contributed by atoms with van der Waals surface area (Å²) in [6.07, 6.45) is 1.98. The molecule has 0 aromatic heterocycles. The van der Waals surface area contributed by atoms with Crippen LogP contribution in [0.1, 0.15) is 12.0 Å². The van der Waals surface area contributed by atoms with Gasteiger partial charge in [0.25, 0.3) is 0 Å². The van der Waals surface area contributed by atoms with Crippen molar-refractivity contribution in [1.82, 2.24) is 5.31 Å². The number of para-hydroxylation sites is 1. The van der Waals surface area contributed by atoms with Gasteiger partial charge in [-0.15, -0.1) is 0 Å². The molecule has 3 heteroatoms. The maximum atomic E-state index is 11.8. The number of nitrogens with one attached hydrogen (secondary N) is 1. The van der Waals surface area contributed by atoms with E-state index in [4.69, 9.17) is 1.41 Å². The van der Waals surface area contributed by atoms with Gasteiger partial charge in [-0.05, 0) is 24.5 Å². The molecule has 2 heterocycles. The van der Waals surface area contributed by atoms with E-state index >= 15 is 0 Å². The van der Waals surface area contributed by atoms with Crippen molar-refractivity contribution in [3.63, 3.8) is 0 Å². The van der Waals surface area contributed by atoms with Crippen LogP contribution in [0.15, 0.2) is 24.3 Å². The van der Waals surface area contributed by atoms with Crippen molar-refractivity contribution in [3.05, 3.63) is 29.8 Å². The van der Waals surface area contributed by atoms with Gasteiger partial charge in [-0.3, -0.25) is 4.90 Å². The van der Waals surface area contributed by atoms with Gasteiger partial charge in [-0.25, -0.2) is 4.79 Å². The van der Waals surface area contributed by atoms with Gasteiger partial charge in [0, 0.05) is 12.2 Å². The molecule has 2 aliphatic rings. The van der Waals surface area contributed by atoms with Gasteiger partial charge < -0.3 is 5.31 Å². The average molecular weight is 189 g/mol. The summed E-state index contributed by atoms with van der Waals surface area (Å²) in [7, 11) is 0. The zero-order valence-electron chi connectivity index (χ0n) is 8.81. The van der Waals surface area contributed by atoms with Crippen molar-refractivity contribution in [3.8, 4) is 0 Å². The van der Waals surface area contributed by atoms with Gasteiger partial charge in [-0.2, -0.15) is 0 Å². The Morgan fingerprint density at radius 2 is 2.36 bits per heavy atom. The van der Waals surface area contributed by atoms with Crippen molar-refractivity contribution in [2.24, 2.45) is 0 Å². The molecular weight excluding hydrogens is 176 g/mol. The van der Waals surface area contributed by atoms with Gasteiger partial charge in [0.1, 0.15) is 0 Å². The summed E-state index contributed by atoms with van der Waals surface area (Å²) in [5.74, 6) is 0. The number of rotatable bonds is 0. The lowest BCUT2D eigenvalue weighted by Crippen LogP contribution is -2.37. The topological polar surface area (TPSA) is 32.3 Å². The lowest BCUT2D eigenvalue weighted by atomic mass is 9.97. The summed E-state index contributed by atoms with van der Waals surface area (Å²) in [6, 6.07) is 7.99. The van der Waals surface area contributed by atoms with Crippen molar-refractivity contribution in [2.75, 3.05) is 11.4 Å². The molecule has 1 aromatic rings. The third kappa shape index (κ3) is 0.953. The van der Waals surface area contributed by atoms with Crippen molar-refractivity contribution < 1.29 is 6.21 Å². The molecule has 1 atom stereocenters. The van der Waals surface area contributed by atoms with E-state index < -0.39 is 0 Å². The number of anilines is 1. The van der Waals surface area contributed by atoms with E-state index in [0.717, 1.165) is 23.8 Å². The van der Waals surface area contributed by atoms with Crippen LogP contribution in [0.25, 0.3) is 0 Å². The molecule has 1 fully saturated rings. The number of fused-ring (bicyclic) bond motifs is 3. The lowest BCUT2D eigenvalue weighted by Gasteiger charge is -2.30. The molecule has 0 saturated carbocycles. The number of carbonyl (C=O) groups is 1. The third-order valence-electron chi connectivity index (χ3n) is 3.01. The minimum absolute atomic E-state index is 0.188. The van der Waals surface area contributed by atoms with Crippen LogP contribution in [0, 0.1) is 0 Å². The summed E-state index contributed by atoms with van der Waals surface area (Å²) >= 11 is 0. The zero-order chi connectivity index (χ0) is 10.4. The predicted molar refractivity (Wildman–Crippen MR) is 54.4 cm³/mol. The van der Waals surface area contributed by atoms with Crippen LogP contribution in [0.2, 0.25) is 1.41 Å². The Labute approximate surface area is 84.2 Å². The summed E-state index contributed by atoms with van der Waals surface area (Å²) in [4.78, 5) is 13.5. The maximum Gasteiger partial charge on any atom is 0.322 e. The van der Waals surface area contributed by atoms with Crippen molar-refractivity contribution in [2.45, 2.75) is 18.9 Å². The lowest BCUT2D eigenvalue weighted by molar-refractivity contribution is 0.251. The van der Waals surface area contributed by atoms with E-state index in [0.29, 0.717) is 6.54 Å². The molecule has 1 saturated heterocycles. The highest BCUT2D eigenvalue weighted by molar-refractivity contribution is 5.96. The highest BCUT2D eigenvalue weighted by atomic mass is 16.2. The first-order valence-electron chi connectivity index (χ1n) is 5.39. The van der Waals surface area contributed by atoms with Gasteiger partial charge in [-0.1, -0.05) is 18.2 Å². The third-order valence-corrected chi connectivity index (χ3v) is 3.01. The van der Waals surface area contributed by atoms with E-state index in [9.17, 15) is 4.79 Å². The van der Waals surface area contributed by atoms with Crippen LogP contribution < -0.4 is 10.2 Å². The fourth-order valence-electron chi connectivity index (χ4n) is 2.30. The van der Waals surface area contributed by atoms with Crippen molar-refractivity contribution >= 4 is 11.7 Å². The largest absolute Gasteiger partial charge is 0.336 e. The smallest absolute Gasteiger partial charge is 0.322 e. The fourth-order valence-corrected chi connectivity index (χ4v) is 2.30. The van der Waals surface area contributed by atoms with Gasteiger partial charge >= 0.3 is 6.03 Å². The molecule has 14 heavy (non-hydrogen) atoms. The number of aryl methyl sites for hydroxylation is 1. The normalized spacial score (nSPS) is 25.9. The maximum absolute atomic E-state index is 11.8. The Balaban J connectivity index is 2.08. The second-order valence-electron chi connectivity index (χ2n) is 3.81. The Hall–Kier alpha value is -1.51. The summed E-state index contributed by atoms with van der Waals surface area (Å²) in [6.45, 7) is 0.535. The van der Waals surface area contributed by atoms with Gasteiger partial charge in [0.05, 0.1) is 6.04 Å². The number of benzene rings is 1. The van der Waals surface area contributed by atoms with Crippen LogP contribution in [-0.4, -0.2) is 18.6 Å². The van der Waals surface area contributed by atoms with E-state index in [2.05, 4.69) is 6.07 Å². The molecule has 72 valence electrons. The number of nitrogens with zero attached hydrogens (tertiary/aromatic N) is 1. The number of hydrogen-bond acceptors (Lipinski definition) is 1. The van der Waals surface area contributed by atoms with Crippen LogP contribution >= 0.6 is 0 Å². The van der Waals surface area contributed by atoms with E-state index in [1.54, 1.807) is 4.90 Å². The molecule has 3 rings (SSSR count). The first kappa shape index (κ1) is 6.87. The van der Waals surface area contributed by atoms with Gasteiger partial charge in [0.2, 0.25) is 0 Å². The highest BCUT2D eigenvalue weighted by Crippen LogP contribution is 2.32. The minimum Gasteiger partial charge on any atom is -0.336 e. The van der Waals surface area contributed by atoms with E-state index in [1.807, 2.05) is 18.2 Å². The van der Waals surface area contributed by atoms with Crippen molar-refractivity contribution in [1.29, 1.82) is 0 Å². The minimum atomic E-state index is -0.188. The molecule has 1 aromatic carbocycles. The molecule has 0 aliphatic carbocycles. The molecule has 2 amide bonds. The molecule has 0 bridgehead atoms. The van der Waals surface area contributed by atoms with Crippen LogP contribution in [0.3, 0.4) is 0 Å². The first-order valence-corrected chi connectivity index (χ1v) is 4.95. The monoisotopic (exact) mass is 189 g/mol. The number of carbonyl (C=O) groups excluding carboxylic acids is 1. The average Bonchev–Trinajstić information content (AvgIpc) is 2.55. The summed E-state index contributed by atoms with van der Waals surface area (Å²) in [5, 5.41) is 1.06. The van der Waals surface area contributed by atoms with Crippen LogP contribution in [0.5, 0.6) is 0 Å². The highest BCUT2D eigenvalue weighted by Gasteiger charge is 2.35. The zero-order valence-corrected chi connectivity index (χ0v) is 7.81. The summed E-state index contributed by atoms with van der Waals surface area (Å²) < 4.78 is 7.52. The molecular formula is C11H12N2O. The molecule has 1 N–H and O–H groups in total. The standard InChI is InChI=1S/C11H12N2O/c14-11-12-7-9-6-5-8-3-1-2-4-10(8)13(9)11/h1-4,9H,5-7H2,(H,12,14)/i/hD. The molecule has 0 radical (unpaired) electrons. The SMILES string of the molecule is [2H]N1CC2CCc3ccccc3N2C1=O. The fraction of sp³-hybridized carbons (Fsp3) is 0.364. The van der Waals surface area contributed by atoms with Crippen LogP contribution in [0.4, 0.5) is 10.5 Å². The number of urea groups is 1. The Bertz CT molecular complexity index is 421. The van der Waals surface area contributed by atoms with Crippen LogP contribution in [-0.2, 0) is 6.42 Å². The molecule has 2 aliphatic heterocycles. The van der Waals surface area contributed by atoms with Gasteiger partial charge in [0.15, 0.2) is 1.41 Å². The second-order valence-corrected chi connectivity index (χ2v) is 3.81. The van der Waals surface area contributed by atoms with E-state index in [-0.39, 0.29) is 12.1 Å². The summed E-state index contributed by atoms with van der Waals surface area (Å²) in [5.41, 5.74) is 2.21.